The van der Waals surface area contributed by atoms with Gasteiger partial charge in [0, 0.05) is 4.91 Å². The van der Waals surface area contributed by atoms with Gasteiger partial charge in [-0.1, -0.05) is 5.11 Å². The van der Waals surface area contributed by atoms with E-state index in [-0.39, 0.29) is 5.54 Å². The normalized spacial score (nSPS) is 73.2. The highest BCUT2D eigenvalue weighted by molar-refractivity contribution is 5.35. The fraction of sp³-hybridized carbons (Fsp3) is 1.00. The van der Waals surface area contributed by atoms with E-state index in [9.17, 15) is 5.53 Å². The van der Waals surface area contributed by atoms with Crippen molar-refractivity contribution < 1.29 is 0 Å². The lowest BCUT2D eigenvalue weighted by Gasteiger charge is -2.86. The van der Waals surface area contributed by atoms with E-state index in [4.69, 9.17) is 5.11 Å². The van der Waals surface area contributed by atoms with E-state index in [2.05, 4.69) is 4.91 Å². The van der Waals surface area contributed by atoms with Crippen LogP contribution in [0.4, 0.5) is 0 Å². The average molecular weight is 281 g/mol. The third-order valence-electron chi connectivity index (χ3n) is 10.1. The lowest BCUT2D eigenvalue weighted by atomic mass is 9.19. The zero-order chi connectivity index (χ0) is 13.6. The molecule has 3 heteroatoms. The van der Waals surface area contributed by atoms with Crippen LogP contribution in [-0.4, -0.2) is 5.54 Å². The van der Waals surface area contributed by atoms with Crippen LogP contribution in [0.15, 0.2) is 5.11 Å². The molecule has 1 spiro atoms. The number of azide groups is 1. The van der Waals surface area contributed by atoms with Gasteiger partial charge in [-0.15, -0.1) is 0 Å². The predicted octanol–water partition coefficient (Wildman–Crippen LogP) is 4.39. The Morgan fingerprint density at radius 1 is 0.810 bits per heavy atom. The van der Waals surface area contributed by atoms with Gasteiger partial charge in [-0.3, -0.25) is 0 Å². The number of nitrogens with zero attached hydrogens (tertiary/aromatic N) is 3. The van der Waals surface area contributed by atoms with Gasteiger partial charge in [0.2, 0.25) is 0 Å². The molecule has 10 saturated carbocycles. The molecule has 0 aromatic rings. The Balaban J connectivity index is 1.60. The van der Waals surface area contributed by atoms with Crippen LogP contribution < -0.4 is 0 Å². The summed E-state index contributed by atoms with van der Waals surface area (Å²) in [7, 11) is 0. The van der Waals surface area contributed by atoms with E-state index in [1.807, 2.05) is 0 Å². The van der Waals surface area contributed by atoms with E-state index >= 15 is 0 Å². The van der Waals surface area contributed by atoms with Crippen molar-refractivity contribution in [2.75, 3.05) is 0 Å². The molecule has 0 radical (unpaired) electrons. The van der Waals surface area contributed by atoms with Crippen molar-refractivity contribution in [3.05, 3.63) is 10.4 Å². The van der Waals surface area contributed by atoms with Gasteiger partial charge in [0.25, 0.3) is 0 Å². The summed E-state index contributed by atoms with van der Waals surface area (Å²) in [6.07, 6.45) is 10.3. The molecule has 10 aliphatic carbocycles. The quantitative estimate of drug-likeness (QED) is 0.389. The van der Waals surface area contributed by atoms with Gasteiger partial charge in [-0.25, -0.2) is 0 Å². The molecule has 21 heavy (non-hydrogen) atoms. The molecule has 110 valence electrons. The average Bonchev–Trinajstić information content (AvgIpc) is 2.47. The first-order valence-corrected chi connectivity index (χ1v) is 9.35. The van der Waals surface area contributed by atoms with Gasteiger partial charge in [0.15, 0.2) is 0 Å². The first-order valence-electron chi connectivity index (χ1n) is 9.35. The maximum Gasteiger partial charge on any atom is 0.0609 e. The molecule has 0 aliphatic heterocycles. The minimum atomic E-state index is 0.0842. The molecule has 0 saturated heterocycles. The maximum atomic E-state index is 9.45. The van der Waals surface area contributed by atoms with Crippen molar-refractivity contribution in [1.29, 1.82) is 0 Å². The third-order valence-corrected chi connectivity index (χ3v) is 10.1. The van der Waals surface area contributed by atoms with E-state index in [0.29, 0.717) is 5.41 Å². The molecule has 0 aromatic heterocycles. The summed E-state index contributed by atoms with van der Waals surface area (Å²) in [4.78, 5) is 3.49. The van der Waals surface area contributed by atoms with E-state index < -0.39 is 0 Å². The summed E-state index contributed by atoms with van der Waals surface area (Å²) >= 11 is 0. The molecule has 10 aliphatic rings. The Labute approximate surface area is 125 Å². The molecule has 0 N–H and O–H groups in total. The van der Waals surface area contributed by atoms with Crippen molar-refractivity contribution in [1.82, 2.24) is 0 Å². The second-order valence-corrected chi connectivity index (χ2v) is 9.88. The van der Waals surface area contributed by atoms with Gasteiger partial charge >= 0.3 is 0 Å². The van der Waals surface area contributed by atoms with Gasteiger partial charge < -0.3 is 0 Å². The van der Waals surface area contributed by atoms with Crippen molar-refractivity contribution in [3.63, 3.8) is 0 Å². The fourth-order valence-corrected chi connectivity index (χ4v) is 10.6. The monoisotopic (exact) mass is 281 g/mol. The number of hydrogen-bond donors (Lipinski definition) is 0. The lowest BCUT2D eigenvalue weighted by molar-refractivity contribution is -0.355. The summed E-state index contributed by atoms with van der Waals surface area (Å²) in [5, 5.41) is 4.77. The molecule has 3 nitrogen and oxygen atoms in total. The van der Waals surface area contributed by atoms with Crippen LogP contribution in [0.2, 0.25) is 0 Å². The SMILES string of the molecule is [N-]=[N+]=NC12C3CC4CC5C3CC3C6CC(CC31)CC2(C4)C56. The predicted molar refractivity (Wildman–Crippen MR) is 78.0 cm³/mol. The van der Waals surface area contributed by atoms with Crippen LogP contribution in [0.3, 0.4) is 0 Å². The summed E-state index contributed by atoms with van der Waals surface area (Å²) in [6.45, 7) is 0. The summed E-state index contributed by atoms with van der Waals surface area (Å²) in [5.41, 5.74) is 10.0. The zero-order valence-corrected chi connectivity index (χ0v) is 12.5. The van der Waals surface area contributed by atoms with Gasteiger partial charge in [-0.05, 0) is 109 Å². The molecule has 0 amide bonds. The molecule has 8 atom stereocenters. The Morgan fingerprint density at radius 2 is 1.43 bits per heavy atom. The standard InChI is InChI=1S/C18H23N3/c19-21-20-18-14-3-8-1-12-10(14)5-11-13-2-9(4-15(11)18)7-17(18,6-8)16(12)13/h8-16H,1-7H2. The molecule has 10 rings (SSSR count). The molecule has 0 aromatic carbocycles. The minimum absolute atomic E-state index is 0.0842. The molecule has 10 fully saturated rings. The summed E-state index contributed by atoms with van der Waals surface area (Å²) < 4.78 is 0. The number of hydrogen-bond acceptors (Lipinski definition) is 1. The molecule has 8 unspecified atom stereocenters. The highest BCUT2D eigenvalue weighted by atomic mass is 15.2. The van der Waals surface area contributed by atoms with Crippen LogP contribution in [0.25, 0.3) is 10.4 Å². The molecular formula is C18H23N3. The van der Waals surface area contributed by atoms with Gasteiger partial charge in [-0.2, -0.15) is 0 Å². The second-order valence-electron chi connectivity index (χ2n) is 9.88. The van der Waals surface area contributed by atoms with Gasteiger partial charge in [0.05, 0.1) is 5.54 Å². The molecule has 11 bridgehead atoms. The minimum Gasteiger partial charge on any atom is -0.0861 e. The topological polar surface area (TPSA) is 48.8 Å². The van der Waals surface area contributed by atoms with E-state index in [1.165, 1.54) is 32.1 Å². The van der Waals surface area contributed by atoms with Crippen molar-refractivity contribution in [2.45, 2.75) is 50.5 Å². The van der Waals surface area contributed by atoms with Crippen LogP contribution in [0.5, 0.6) is 0 Å². The first-order chi connectivity index (χ1) is 10.3. The maximum absolute atomic E-state index is 9.45. The summed E-state index contributed by atoms with van der Waals surface area (Å²) in [5.74, 6) is 8.45. The zero-order valence-electron chi connectivity index (χ0n) is 12.5. The van der Waals surface area contributed by atoms with Crippen LogP contribution >= 0.6 is 0 Å². The molecular weight excluding hydrogens is 258 g/mol. The Bertz CT molecular complexity index is 584. The van der Waals surface area contributed by atoms with E-state index in [0.717, 1.165) is 53.3 Å². The van der Waals surface area contributed by atoms with Gasteiger partial charge in [0.1, 0.15) is 0 Å². The van der Waals surface area contributed by atoms with Crippen LogP contribution in [0, 0.1) is 58.7 Å². The van der Waals surface area contributed by atoms with Crippen molar-refractivity contribution in [2.24, 2.45) is 63.8 Å². The lowest BCUT2D eigenvalue weighted by Crippen LogP contribution is -2.84. The Kier molecular flexibility index (Phi) is 1.51. The Hall–Kier alpha value is -0.690. The molecule has 0 heterocycles. The third kappa shape index (κ3) is 0.814. The van der Waals surface area contributed by atoms with Crippen molar-refractivity contribution in [3.8, 4) is 0 Å². The smallest absolute Gasteiger partial charge is 0.0609 e. The highest BCUT2D eigenvalue weighted by Gasteiger charge is 2.83. The van der Waals surface area contributed by atoms with E-state index in [1.54, 1.807) is 12.8 Å². The second kappa shape index (κ2) is 2.89. The van der Waals surface area contributed by atoms with Crippen LogP contribution in [0.1, 0.15) is 44.9 Å². The number of rotatable bonds is 1. The Morgan fingerprint density at radius 3 is 2.00 bits per heavy atom. The first kappa shape index (κ1) is 10.9. The van der Waals surface area contributed by atoms with Crippen molar-refractivity contribution >= 4 is 0 Å². The van der Waals surface area contributed by atoms with Crippen LogP contribution in [-0.2, 0) is 0 Å². The largest absolute Gasteiger partial charge is 0.0861 e. The fourth-order valence-electron chi connectivity index (χ4n) is 10.6. The summed E-state index contributed by atoms with van der Waals surface area (Å²) in [6, 6.07) is 0. The highest BCUT2D eigenvalue weighted by Crippen LogP contribution is 2.86.